The summed E-state index contributed by atoms with van der Waals surface area (Å²) in [5.74, 6) is 0.0946. The second kappa shape index (κ2) is 7.60. The van der Waals surface area contributed by atoms with Gasteiger partial charge in [0.15, 0.2) is 0 Å². The predicted molar refractivity (Wildman–Crippen MR) is 103 cm³/mol. The molecule has 2 heterocycles. The summed E-state index contributed by atoms with van der Waals surface area (Å²) in [6, 6.07) is 6.83. The van der Waals surface area contributed by atoms with Crippen LogP contribution in [0, 0.1) is 0 Å². The van der Waals surface area contributed by atoms with Gasteiger partial charge in [-0.15, -0.1) is 0 Å². The van der Waals surface area contributed by atoms with E-state index in [4.69, 9.17) is 0 Å². The Morgan fingerprint density at radius 2 is 1.75 bits per heavy atom. The van der Waals surface area contributed by atoms with Crippen LogP contribution in [0.3, 0.4) is 0 Å². The van der Waals surface area contributed by atoms with Gasteiger partial charge in [-0.3, -0.25) is 9.69 Å². The maximum atomic E-state index is 12.7. The number of phenols is 1. The lowest BCUT2D eigenvalue weighted by atomic mass is 9.98. The van der Waals surface area contributed by atoms with E-state index in [9.17, 15) is 19.8 Å². The molecule has 1 aromatic rings. The molecule has 1 spiro atoms. The molecule has 0 radical (unpaired) electrons. The van der Waals surface area contributed by atoms with Crippen LogP contribution in [0.5, 0.6) is 5.75 Å². The van der Waals surface area contributed by atoms with E-state index in [1.54, 1.807) is 12.1 Å². The molecule has 0 aromatic heterocycles. The van der Waals surface area contributed by atoms with Crippen molar-refractivity contribution in [1.29, 1.82) is 0 Å². The third-order valence-corrected chi connectivity index (χ3v) is 6.31. The zero-order valence-corrected chi connectivity index (χ0v) is 16.1. The number of nitrogens with one attached hydrogen (secondary N) is 2. The molecule has 3 fully saturated rings. The molecule has 0 bridgehead atoms. The van der Waals surface area contributed by atoms with Crippen molar-refractivity contribution in [2.24, 2.45) is 0 Å². The van der Waals surface area contributed by atoms with Gasteiger partial charge in [0.2, 0.25) is 0 Å². The summed E-state index contributed by atoms with van der Waals surface area (Å²) in [6.07, 6.45) is 2.60. The van der Waals surface area contributed by atoms with Crippen molar-refractivity contribution in [2.75, 3.05) is 44.2 Å². The zero-order valence-electron chi connectivity index (χ0n) is 16.1. The highest BCUT2D eigenvalue weighted by Gasteiger charge is 2.52. The minimum Gasteiger partial charge on any atom is -0.508 e. The molecule has 1 saturated carbocycles. The molecule has 3 amide bonds. The number of urea groups is 1. The summed E-state index contributed by atoms with van der Waals surface area (Å²) in [6.45, 7) is 4.06. The normalized spacial score (nSPS) is 23.5. The lowest BCUT2D eigenvalue weighted by Gasteiger charge is -2.34. The SMILES string of the molecule is O=C1NC2(CCCC2)C(=O)N1C[C@@H](O)C[NH+]1CCN(c2ccc(O)cc2)CC1. The number of imide groups is 1. The number of aliphatic hydroxyl groups is 1. The van der Waals surface area contributed by atoms with E-state index < -0.39 is 11.6 Å². The largest absolute Gasteiger partial charge is 0.508 e. The number of piperazine rings is 1. The van der Waals surface area contributed by atoms with Crippen molar-refractivity contribution in [1.82, 2.24) is 10.2 Å². The zero-order chi connectivity index (χ0) is 19.7. The van der Waals surface area contributed by atoms with Crippen LogP contribution in [-0.4, -0.2) is 78.0 Å². The molecule has 1 aromatic carbocycles. The Balaban J connectivity index is 1.27. The summed E-state index contributed by atoms with van der Waals surface area (Å²) in [5.41, 5.74) is 0.373. The number of carbonyl (C=O) groups is 2. The first kappa shape index (κ1) is 19.0. The predicted octanol–water partition coefficient (Wildman–Crippen LogP) is -0.677. The average molecular weight is 389 g/mol. The molecule has 3 aliphatic rings. The number of nitrogens with zero attached hydrogens (tertiary/aromatic N) is 2. The van der Waals surface area contributed by atoms with Gasteiger partial charge in [0.25, 0.3) is 5.91 Å². The molecule has 8 nitrogen and oxygen atoms in total. The number of carbonyl (C=O) groups excluding carboxylic acids is 2. The van der Waals surface area contributed by atoms with E-state index in [-0.39, 0.29) is 24.2 Å². The number of anilines is 1. The monoisotopic (exact) mass is 389 g/mol. The third-order valence-electron chi connectivity index (χ3n) is 6.31. The molecule has 1 atom stereocenters. The molecule has 2 saturated heterocycles. The minimum atomic E-state index is -0.721. The fourth-order valence-electron chi connectivity index (χ4n) is 4.72. The number of hydrogen-bond acceptors (Lipinski definition) is 5. The Morgan fingerprint density at radius 1 is 1.11 bits per heavy atom. The Morgan fingerprint density at radius 3 is 2.39 bits per heavy atom. The van der Waals surface area contributed by atoms with Crippen LogP contribution in [0.1, 0.15) is 25.7 Å². The van der Waals surface area contributed by atoms with Crippen molar-refractivity contribution in [2.45, 2.75) is 37.3 Å². The first-order valence-corrected chi connectivity index (χ1v) is 10.2. The molecule has 0 unspecified atom stereocenters. The van der Waals surface area contributed by atoms with Crippen LogP contribution in [0.2, 0.25) is 0 Å². The number of benzene rings is 1. The number of amides is 3. The molecular weight excluding hydrogens is 360 g/mol. The van der Waals surface area contributed by atoms with Crippen LogP contribution in [0.4, 0.5) is 10.5 Å². The average Bonchev–Trinajstić information content (AvgIpc) is 3.24. The highest BCUT2D eigenvalue weighted by molar-refractivity contribution is 6.07. The van der Waals surface area contributed by atoms with Crippen molar-refractivity contribution < 1.29 is 24.7 Å². The Hall–Kier alpha value is -2.32. The lowest BCUT2D eigenvalue weighted by Crippen LogP contribution is -3.16. The summed E-state index contributed by atoms with van der Waals surface area (Å²) >= 11 is 0. The highest BCUT2D eigenvalue weighted by Crippen LogP contribution is 2.35. The number of quaternary nitrogens is 1. The molecule has 4 rings (SSSR count). The van der Waals surface area contributed by atoms with Crippen molar-refractivity contribution in [3.05, 3.63) is 24.3 Å². The standard InChI is InChI=1S/C20H28N4O4/c25-16-5-3-15(4-6-16)23-11-9-22(10-12-23)13-17(26)14-24-18(27)20(21-19(24)28)7-1-2-8-20/h3-6,17,25-26H,1-2,7-14H2,(H,21,28)/p+1/t17-/m0/s1. The van der Waals surface area contributed by atoms with E-state index in [0.29, 0.717) is 19.4 Å². The second-order valence-electron chi connectivity index (χ2n) is 8.25. The second-order valence-corrected chi connectivity index (χ2v) is 8.25. The van der Waals surface area contributed by atoms with Gasteiger partial charge in [-0.1, -0.05) is 12.8 Å². The van der Waals surface area contributed by atoms with Crippen LogP contribution in [-0.2, 0) is 4.79 Å². The summed E-state index contributed by atoms with van der Waals surface area (Å²) < 4.78 is 0. The molecule has 8 heteroatoms. The lowest BCUT2D eigenvalue weighted by molar-refractivity contribution is -0.903. The van der Waals surface area contributed by atoms with Crippen LogP contribution in [0.25, 0.3) is 0 Å². The highest BCUT2D eigenvalue weighted by atomic mass is 16.3. The fourth-order valence-corrected chi connectivity index (χ4v) is 4.72. The molecule has 4 N–H and O–H groups in total. The van der Waals surface area contributed by atoms with Gasteiger partial charge in [0, 0.05) is 5.69 Å². The number of hydrogen-bond donors (Lipinski definition) is 4. The van der Waals surface area contributed by atoms with Gasteiger partial charge in [-0.25, -0.2) is 4.79 Å². The smallest absolute Gasteiger partial charge is 0.325 e. The van der Waals surface area contributed by atoms with E-state index in [1.165, 1.54) is 9.80 Å². The van der Waals surface area contributed by atoms with Crippen LogP contribution in [0.15, 0.2) is 24.3 Å². The fraction of sp³-hybridized carbons (Fsp3) is 0.600. The van der Waals surface area contributed by atoms with Gasteiger partial charge in [-0.2, -0.15) is 0 Å². The third kappa shape index (κ3) is 3.66. The van der Waals surface area contributed by atoms with Crippen LogP contribution >= 0.6 is 0 Å². The van der Waals surface area contributed by atoms with Gasteiger partial charge in [0.05, 0.1) is 32.7 Å². The molecule has 2 aliphatic heterocycles. The van der Waals surface area contributed by atoms with Crippen molar-refractivity contribution >= 4 is 17.6 Å². The number of aliphatic hydroxyl groups excluding tert-OH is 1. The summed E-state index contributed by atoms with van der Waals surface area (Å²) in [4.78, 5) is 29.7. The van der Waals surface area contributed by atoms with Gasteiger partial charge >= 0.3 is 6.03 Å². The van der Waals surface area contributed by atoms with E-state index >= 15 is 0 Å². The molecule has 28 heavy (non-hydrogen) atoms. The Kier molecular flexibility index (Phi) is 5.16. The Labute approximate surface area is 164 Å². The van der Waals surface area contributed by atoms with Crippen LogP contribution < -0.4 is 15.1 Å². The number of β-amino-alcohol motifs (C(OH)–C–C–N with tert-alkyl or cyclic N) is 1. The van der Waals surface area contributed by atoms with Gasteiger partial charge < -0.3 is 25.3 Å². The topological polar surface area (TPSA) is 97.5 Å². The molecular formula is C20H29N4O4+. The maximum Gasteiger partial charge on any atom is 0.325 e. The van der Waals surface area contributed by atoms with Crippen molar-refractivity contribution in [3.8, 4) is 5.75 Å². The number of phenolic OH excluding ortho intramolecular Hbond substituents is 1. The van der Waals surface area contributed by atoms with E-state index in [0.717, 1.165) is 44.7 Å². The number of rotatable bonds is 5. The summed E-state index contributed by atoms with van der Waals surface area (Å²) in [7, 11) is 0. The maximum absolute atomic E-state index is 12.7. The molecule has 152 valence electrons. The first-order chi connectivity index (χ1) is 13.5. The minimum absolute atomic E-state index is 0.0671. The number of aromatic hydroxyl groups is 1. The van der Waals surface area contributed by atoms with Gasteiger partial charge in [0.1, 0.15) is 23.9 Å². The van der Waals surface area contributed by atoms with E-state index in [1.807, 2.05) is 12.1 Å². The quantitative estimate of drug-likeness (QED) is 0.501. The van der Waals surface area contributed by atoms with Crippen molar-refractivity contribution in [3.63, 3.8) is 0 Å². The molecule has 1 aliphatic carbocycles. The van der Waals surface area contributed by atoms with Gasteiger partial charge in [-0.05, 0) is 37.1 Å². The Bertz CT molecular complexity index is 724. The summed E-state index contributed by atoms with van der Waals surface area (Å²) in [5, 5.41) is 22.8. The first-order valence-electron chi connectivity index (χ1n) is 10.2. The van der Waals surface area contributed by atoms with E-state index in [2.05, 4.69) is 10.2 Å².